The van der Waals surface area contributed by atoms with E-state index in [2.05, 4.69) is 5.32 Å². The van der Waals surface area contributed by atoms with Crippen molar-refractivity contribution in [1.82, 2.24) is 5.32 Å². The van der Waals surface area contributed by atoms with Crippen LogP contribution in [0.5, 0.6) is 0 Å². The summed E-state index contributed by atoms with van der Waals surface area (Å²) in [5.41, 5.74) is 6.35. The van der Waals surface area contributed by atoms with Crippen LogP contribution >= 0.6 is 12.4 Å². The molecule has 2 aliphatic carbocycles. The molecule has 0 saturated heterocycles. The number of carbonyl (C=O) groups excluding carboxylic acids is 1. The normalized spacial score (nSPS) is 21.3. The second-order valence-electron chi connectivity index (χ2n) is 5.98. The average Bonchev–Trinajstić information content (AvgIpc) is 3.09. The van der Waals surface area contributed by atoms with E-state index in [1.807, 2.05) is 12.1 Å². The molecule has 1 amide bonds. The second-order valence-corrected chi connectivity index (χ2v) is 5.98. The Morgan fingerprint density at radius 1 is 1.20 bits per heavy atom. The molecule has 5 heteroatoms. The molecule has 1 aromatic rings. The first-order valence-corrected chi connectivity index (χ1v) is 6.87. The lowest BCUT2D eigenvalue weighted by molar-refractivity contribution is -0.123. The largest absolute Gasteiger partial charge is 0.354 e. The number of benzene rings is 1. The first kappa shape index (κ1) is 15.3. The molecule has 0 aliphatic heterocycles. The zero-order valence-corrected chi connectivity index (χ0v) is 12.1. The van der Waals surface area contributed by atoms with Crippen LogP contribution in [-0.4, -0.2) is 18.0 Å². The number of hydrogen-bond acceptors (Lipinski definition) is 2. The summed E-state index contributed by atoms with van der Waals surface area (Å²) in [4.78, 5) is 11.9. The zero-order chi connectivity index (χ0) is 13.5. The van der Waals surface area contributed by atoms with Gasteiger partial charge in [-0.1, -0.05) is 18.6 Å². The quantitative estimate of drug-likeness (QED) is 0.896. The molecule has 0 aromatic heterocycles. The summed E-state index contributed by atoms with van der Waals surface area (Å²) in [6, 6.07) is 6.64. The summed E-state index contributed by atoms with van der Waals surface area (Å²) in [6.45, 7) is 0.608. The van der Waals surface area contributed by atoms with Crippen LogP contribution in [-0.2, 0) is 10.2 Å². The number of nitrogens with two attached hydrogens (primary N) is 1. The second kappa shape index (κ2) is 5.34. The lowest BCUT2D eigenvalue weighted by Crippen LogP contribution is -2.50. The van der Waals surface area contributed by atoms with Crippen LogP contribution in [0.4, 0.5) is 4.39 Å². The van der Waals surface area contributed by atoms with Gasteiger partial charge in [0.2, 0.25) is 5.91 Å². The molecule has 3 rings (SSSR count). The van der Waals surface area contributed by atoms with Gasteiger partial charge >= 0.3 is 0 Å². The molecule has 0 radical (unpaired) electrons. The topological polar surface area (TPSA) is 55.1 Å². The molecule has 0 heterocycles. The van der Waals surface area contributed by atoms with E-state index >= 15 is 0 Å². The van der Waals surface area contributed by atoms with Gasteiger partial charge in [-0.25, -0.2) is 4.39 Å². The third-order valence-corrected chi connectivity index (χ3v) is 4.60. The van der Waals surface area contributed by atoms with Gasteiger partial charge in [-0.3, -0.25) is 4.79 Å². The Kier molecular flexibility index (Phi) is 4.07. The number of halogens is 2. The number of nitrogens with one attached hydrogen (secondary N) is 1. The highest BCUT2D eigenvalue weighted by molar-refractivity contribution is 5.89. The molecule has 2 aliphatic rings. The van der Waals surface area contributed by atoms with Crippen LogP contribution in [0.2, 0.25) is 0 Å². The highest BCUT2D eigenvalue weighted by Gasteiger charge is 2.47. The summed E-state index contributed by atoms with van der Waals surface area (Å²) in [6.07, 6.45) is 4.79. The monoisotopic (exact) mass is 298 g/mol. The molecule has 110 valence electrons. The molecule has 0 bridgehead atoms. The maximum absolute atomic E-state index is 13.0. The molecule has 2 fully saturated rings. The number of hydrogen-bond donors (Lipinski definition) is 2. The van der Waals surface area contributed by atoms with Crippen molar-refractivity contribution in [1.29, 1.82) is 0 Å². The first-order valence-electron chi connectivity index (χ1n) is 6.87. The van der Waals surface area contributed by atoms with Crippen molar-refractivity contribution in [3.8, 4) is 0 Å². The van der Waals surface area contributed by atoms with Crippen LogP contribution in [0.1, 0.15) is 37.7 Å². The van der Waals surface area contributed by atoms with E-state index in [-0.39, 0.29) is 29.5 Å². The summed E-state index contributed by atoms with van der Waals surface area (Å²) >= 11 is 0. The Balaban J connectivity index is 0.00000147. The van der Waals surface area contributed by atoms with Gasteiger partial charge in [-0.15, -0.1) is 12.4 Å². The molecule has 3 N–H and O–H groups in total. The number of amides is 1. The molecular formula is C15H20ClFN2O. The van der Waals surface area contributed by atoms with E-state index in [0.717, 1.165) is 37.7 Å². The van der Waals surface area contributed by atoms with Gasteiger partial charge < -0.3 is 11.1 Å². The zero-order valence-electron chi connectivity index (χ0n) is 11.3. The Hall–Kier alpha value is -1.13. The minimum absolute atomic E-state index is 0. The van der Waals surface area contributed by atoms with Gasteiger partial charge in [-0.05, 0) is 43.4 Å². The maximum atomic E-state index is 13.0. The fourth-order valence-electron chi connectivity index (χ4n) is 2.76. The van der Waals surface area contributed by atoms with E-state index in [9.17, 15) is 9.18 Å². The summed E-state index contributed by atoms with van der Waals surface area (Å²) < 4.78 is 13.0. The van der Waals surface area contributed by atoms with Crippen LogP contribution in [0.15, 0.2) is 24.3 Å². The highest BCUT2D eigenvalue weighted by Crippen LogP contribution is 2.43. The fraction of sp³-hybridized carbons (Fsp3) is 0.533. The van der Waals surface area contributed by atoms with Crippen LogP contribution in [0.3, 0.4) is 0 Å². The summed E-state index contributed by atoms with van der Waals surface area (Å²) in [7, 11) is 0. The number of rotatable bonds is 4. The molecule has 0 atom stereocenters. The van der Waals surface area contributed by atoms with E-state index in [4.69, 9.17) is 5.73 Å². The molecule has 0 spiro atoms. The van der Waals surface area contributed by atoms with E-state index in [1.165, 1.54) is 12.1 Å². The first-order chi connectivity index (χ1) is 9.04. The Morgan fingerprint density at radius 2 is 1.80 bits per heavy atom. The van der Waals surface area contributed by atoms with E-state index < -0.39 is 5.54 Å². The van der Waals surface area contributed by atoms with Crippen LogP contribution in [0.25, 0.3) is 0 Å². The Labute approximate surface area is 124 Å². The van der Waals surface area contributed by atoms with Crippen LogP contribution < -0.4 is 11.1 Å². The van der Waals surface area contributed by atoms with Gasteiger partial charge in [0.1, 0.15) is 5.82 Å². The van der Waals surface area contributed by atoms with Gasteiger partial charge in [0.15, 0.2) is 0 Å². The Bertz CT molecular complexity index is 495. The predicted octanol–water partition coefficient (Wildman–Crippen LogP) is 2.28. The molecule has 1 aromatic carbocycles. The van der Waals surface area contributed by atoms with Gasteiger partial charge in [0.05, 0.1) is 5.54 Å². The average molecular weight is 299 g/mol. The molecule has 20 heavy (non-hydrogen) atoms. The number of carbonyl (C=O) groups is 1. The third-order valence-electron chi connectivity index (χ3n) is 4.60. The molecule has 0 unspecified atom stereocenters. The SMILES string of the molecule is Cl.NC1(C(=O)NCC2(c3ccc(F)cc3)CCC2)CC1. The molecule has 2 saturated carbocycles. The highest BCUT2D eigenvalue weighted by atomic mass is 35.5. The maximum Gasteiger partial charge on any atom is 0.240 e. The lowest BCUT2D eigenvalue weighted by Gasteiger charge is -2.42. The van der Waals surface area contributed by atoms with Gasteiger partial charge in [0.25, 0.3) is 0 Å². The summed E-state index contributed by atoms with van der Waals surface area (Å²) in [5.74, 6) is -0.262. The summed E-state index contributed by atoms with van der Waals surface area (Å²) in [5, 5.41) is 2.98. The van der Waals surface area contributed by atoms with Gasteiger partial charge in [-0.2, -0.15) is 0 Å². The van der Waals surface area contributed by atoms with Crippen molar-refractivity contribution in [3.05, 3.63) is 35.6 Å². The molecule has 3 nitrogen and oxygen atoms in total. The minimum Gasteiger partial charge on any atom is -0.354 e. The van der Waals surface area contributed by atoms with Crippen molar-refractivity contribution in [2.75, 3.05) is 6.54 Å². The van der Waals surface area contributed by atoms with Crippen molar-refractivity contribution in [2.24, 2.45) is 5.73 Å². The van der Waals surface area contributed by atoms with Crippen molar-refractivity contribution in [3.63, 3.8) is 0 Å². The van der Waals surface area contributed by atoms with Crippen LogP contribution in [0, 0.1) is 5.82 Å². The van der Waals surface area contributed by atoms with Crippen molar-refractivity contribution >= 4 is 18.3 Å². The standard InChI is InChI=1S/C15H19FN2O.ClH/c16-12-4-2-11(3-5-12)14(6-1-7-14)10-18-13(19)15(17)8-9-15;/h2-5H,1,6-10,17H2,(H,18,19);1H. The van der Waals surface area contributed by atoms with Crippen molar-refractivity contribution < 1.29 is 9.18 Å². The lowest BCUT2D eigenvalue weighted by atomic mass is 9.64. The smallest absolute Gasteiger partial charge is 0.240 e. The fourth-order valence-corrected chi connectivity index (χ4v) is 2.76. The predicted molar refractivity (Wildman–Crippen MR) is 78.3 cm³/mol. The molecular weight excluding hydrogens is 279 g/mol. The minimum atomic E-state index is -0.617. The van der Waals surface area contributed by atoms with E-state index in [0.29, 0.717) is 6.54 Å². The van der Waals surface area contributed by atoms with Crippen molar-refractivity contribution in [2.45, 2.75) is 43.1 Å². The van der Waals surface area contributed by atoms with Gasteiger partial charge in [0, 0.05) is 12.0 Å². The van der Waals surface area contributed by atoms with E-state index in [1.54, 1.807) is 0 Å². The third kappa shape index (κ3) is 2.67. The Morgan fingerprint density at radius 3 is 2.25 bits per heavy atom.